The van der Waals surface area contributed by atoms with E-state index in [0.29, 0.717) is 24.7 Å². The average Bonchev–Trinajstić information content (AvgIpc) is 2.71. The first-order valence-corrected chi connectivity index (χ1v) is 9.70. The van der Waals surface area contributed by atoms with Crippen LogP contribution in [0.1, 0.15) is 61.9 Å². The van der Waals surface area contributed by atoms with E-state index in [4.69, 9.17) is 14.2 Å². The first-order chi connectivity index (χ1) is 13.1. The number of hydrogen-bond acceptors (Lipinski definition) is 4. The van der Waals surface area contributed by atoms with Crippen LogP contribution in [0.3, 0.4) is 0 Å². The van der Waals surface area contributed by atoms with Crippen molar-refractivity contribution in [3.8, 4) is 5.75 Å². The summed E-state index contributed by atoms with van der Waals surface area (Å²) in [4.78, 5) is 11.8. The predicted octanol–water partition coefficient (Wildman–Crippen LogP) is 5.58. The molecule has 0 aliphatic heterocycles. The van der Waals surface area contributed by atoms with Gasteiger partial charge in [-0.25, -0.2) is 4.79 Å². The Morgan fingerprint density at radius 2 is 1.59 bits per heavy atom. The van der Waals surface area contributed by atoms with Crippen molar-refractivity contribution in [1.29, 1.82) is 0 Å². The number of unbranched alkanes of at least 4 members (excludes halogenated alkanes) is 1. The van der Waals surface area contributed by atoms with Gasteiger partial charge >= 0.3 is 5.97 Å². The van der Waals surface area contributed by atoms with Crippen molar-refractivity contribution >= 4 is 5.97 Å². The Balaban J connectivity index is 1.58. The van der Waals surface area contributed by atoms with Crippen LogP contribution in [0.2, 0.25) is 0 Å². The summed E-state index contributed by atoms with van der Waals surface area (Å²) in [7, 11) is 0. The van der Waals surface area contributed by atoms with Gasteiger partial charge < -0.3 is 14.2 Å². The van der Waals surface area contributed by atoms with Gasteiger partial charge in [0.15, 0.2) is 6.29 Å². The lowest BCUT2D eigenvalue weighted by Crippen LogP contribution is -2.17. The Kier molecular flexibility index (Phi) is 8.85. The summed E-state index contributed by atoms with van der Waals surface area (Å²) >= 11 is 0. The maximum Gasteiger partial charge on any atom is 0.338 e. The van der Waals surface area contributed by atoms with E-state index in [-0.39, 0.29) is 12.3 Å². The molecule has 2 rings (SSSR count). The minimum absolute atomic E-state index is 0.283. The molecule has 2 unspecified atom stereocenters. The van der Waals surface area contributed by atoms with Crippen LogP contribution in [0, 0.1) is 0 Å². The number of esters is 1. The first-order valence-electron chi connectivity index (χ1n) is 9.70. The number of carbonyl (C=O) groups excluding carboxylic acids is 1. The van der Waals surface area contributed by atoms with Gasteiger partial charge in [0.2, 0.25) is 0 Å². The molecule has 0 saturated carbocycles. The smallest absolute Gasteiger partial charge is 0.338 e. The van der Waals surface area contributed by atoms with Crippen LogP contribution in [-0.4, -0.2) is 25.5 Å². The maximum absolute atomic E-state index is 11.8. The van der Waals surface area contributed by atoms with E-state index in [9.17, 15) is 4.79 Å². The molecule has 0 radical (unpaired) electrons. The van der Waals surface area contributed by atoms with Gasteiger partial charge in [0.05, 0.1) is 18.8 Å². The second kappa shape index (κ2) is 11.4. The monoisotopic (exact) mass is 370 g/mol. The quantitative estimate of drug-likeness (QED) is 0.294. The first kappa shape index (κ1) is 21.0. The number of rotatable bonds is 11. The number of ether oxygens (including phenoxy) is 3. The maximum atomic E-state index is 11.8. The standard InChI is InChI=1S/C23H30O4/c1-4-18(2)20-12-14-22(15-13-20)27-19(3)25-16-8-9-17-26-23(24)21-10-6-5-7-11-21/h5-7,10-15,18-19H,4,8-9,16-17H2,1-3H3. The Bertz CT molecular complexity index is 667. The van der Waals surface area contributed by atoms with Gasteiger partial charge in [0, 0.05) is 0 Å². The number of benzene rings is 2. The van der Waals surface area contributed by atoms with Crippen molar-refractivity contribution in [2.45, 2.75) is 52.2 Å². The van der Waals surface area contributed by atoms with E-state index in [2.05, 4.69) is 26.0 Å². The fraction of sp³-hybridized carbons (Fsp3) is 0.435. The van der Waals surface area contributed by atoms with Crippen molar-refractivity contribution in [2.75, 3.05) is 13.2 Å². The summed E-state index contributed by atoms with van der Waals surface area (Å²) in [5, 5.41) is 0. The summed E-state index contributed by atoms with van der Waals surface area (Å²) in [6.07, 6.45) is 2.38. The highest BCUT2D eigenvalue weighted by Gasteiger charge is 2.07. The summed E-state index contributed by atoms with van der Waals surface area (Å²) in [6.45, 7) is 7.25. The van der Waals surface area contributed by atoms with Gasteiger partial charge in [0.1, 0.15) is 5.75 Å². The van der Waals surface area contributed by atoms with Crippen LogP contribution in [0.5, 0.6) is 5.75 Å². The molecule has 2 aromatic carbocycles. The second-order valence-corrected chi connectivity index (χ2v) is 6.64. The highest BCUT2D eigenvalue weighted by molar-refractivity contribution is 5.89. The van der Waals surface area contributed by atoms with Gasteiger partial charge in [-0.05, 0) is 61.9 Å². The van der Waals surface area contributed by atoms with E-state index in [1.807, 2.05) is 37.3 Å². The summed E-state index contributed by atoms with van der Waals surface area (Å²) in [5.74, 6) is 1.09. The minimum atomic E-state index is -0.314. The van der Waals surface area contributed by atoms with Crippen molar-refractivity contribution in [1.82, 2.24) is 0 Å². The zero-order valence-corrected chi connectivity index (χ0v) is 16.5. The van der Waals surface area contributed by atoms with Crippen molar-refractivity contribution in [3.63, 3.8) is 0 Å². The largest absolute Gasteiger partial charge is 0.465 e. The molecule has 4 nitrogen and oxygen atoms in total. The van der Waals surface area contributed by atoms with Crippen LogP contribution in [0.4, 0.5) is 0 Å². The molecular weight excluding hydrogens is 340 g/mol. The molecule has 0 N–H and O–H groups in total. The van der Waals surface area contributed by atoms with Gasteiger partial charge in [-0.15, -0.1) is 0 Å². The topological polar surface area (TPSA) is 44.8 Å². The molecule has 0 aliphatic carbocycles. The fourth-order valence-corrected chi connectivity index (χ4v) is 2.61. The second-order valence-electron chi connectivity index (χ2n) is 6.64. The Morgan fingerprint density at radius 1 is 0.926 bits per heavy atom. The summed E-state index contributed by atoms with van der Waals surface area (Å²) < 4.78 is 16.7. The number of carbonyl (C=O) groups is 1. The molecule has 146 valence electrons. The molecule has 0 heterocycles. The van der Waals surface area contributed by atoms with E-state index < -0.39 is 0 Å². The van der Waals surface area contributed by atoms with E-state index >= 15 is 0 Å². The van der Waals surface area contributed by atoms with Crippen LogP contribution < -0.4 is 4.74 Å². The van der Waals surface area contributed by atoms with Gasteiger partial charge in [-0.3, -0.25) is 0 Å². The molecule has 0 amide bonds. The van der Waals surface area contributed by atoms with Crippen LogP contribution in [0.15, 0.2) is 54.6 Å². The third-order valence-electron chi connectivity index (χ3n) is 4.50. The van der Waals surface area contributed by atoms with Crippen LogP contribution in [-0.2, 0) is 9.47 Å². The lowest BCUT2D eigenvalue weighted by Gasteiger charge is -2.16. The molecule has 0 aromatic heterocycles. The van der Waals surface area contributed by atoms with Gasteiger partial charge in [0.25, 0.3) is 0 Å². The Morgan fingerprint density at radius 3 is 2.26 bits per heavy atom. The molecule has 0 fully saturated rings. The minimum Gasteiger partial charge on any atom is -0.465 e. The van der Waals surface area contributed by atoms with E-state index in [0.717, 1.165) is 25.0 Å². The molecular formula is C23H30O4. The molecule has 2 atom stereocenters. The Hall–Kier alpha value is -2.33. The Labute approximate surface area is 162 Å². The van der Waals surface area contributed by atoms with Crippen molar-refractivity contribution in [2.24, 2.45) is 0 Å². The van der Waals surface area contributed by atoms with Crippen molar-refractivity contribution in [3.05, 3.63) is 65.7 Å². The SMILES string of the molecule is CCC(C)c1ccc(OC(C)OCCCCOC(=O)c2ccccc2)cc1. The number of hydrogen-bond donors (Lipinski definition) is 0. The summed E-state index contributed by atoms with van der Waals surface area (Å²) in [6, 6.07) is 17.2. The molecule has 0 saturated heterocycles. The third-order valence-corrected chi connectivity index (χ3v) is 4.50. The van der Waals surface area contributed by atoms with Gasteiger partial charge in [-0.2, -0.15) is 0 Å². The third kappa shape index (κ3) is 7.43. The molecule has 27 heavy (non-hydrogen) atoms. The highest BCUT2D eigenvalue weighted by atomic mass is 16.7. The zero-order chi connectivity index (χ0) is 19.5. The molecule has 0 bridgehead atoms. The summed E-state index contributed by atoms with van der Waals surface area (Å²) in [5.41, 5.74) is 1.90. The molecule has 0 spiro atoms. The van der Waals surface area contributed by atoms with Crippen molar-refractivity contribution < 1.29 is 19.0 Å². The van der Waals surface area contributed by atoms with Gasteiger partial charge in [-0.1, -0.05) is 44.2 Å². The average molecular weight is 370 g/mol. The normalized spacial score (nSPS) is 13.0. The lowest BCUT2D eigenvalue weighted by molar-refractivity contribution is -0.0683. The van der Waals surface area contributed by atoms with Crippen LogP contribution >= 0.6 is 0 Å². The van der Waals surface area contributed by atoms with E-state index in [1.165, 1.54) is 5.56 Å². The zero-order valence-electron chi connectivity index (χ0n) is 16.5. The molecule has 4 heteroatoms. The lowest BCUT2D eigenvalue weighted by atomic mass is 9.99. The molecule has 2 aromatic rings. The fourth-order valence-electron chi connectivity index (χ4n) is 2.61. The van der Waals surface area contributed by atoms with Crippen LogP contribution in [0.25, 0.3) is 0 Å². The van der Waals surface area contributed by atoms with E-state index in [1.54, 1.807) is 12.1 Å². The highest BCUT2D eigenvalue weighted by Crippen LogP contribution is 2.22. The molecule has 0 aliphatic rings. The predicted molar refractivity (Wildman–Crippen MR) is 107 cm³/mol.